The second kappa shape index (κ2) is 4.35. The van der Waals surface area contributed by atoms with Crippen LogP contribution in [-0.2, 0) is 17.6 Å². The van der Waals surface area contributed by atoms with Crippen molar-refractivity contribution in [2.24, 2.45) is 0 Å². The van der Waals surface area contributed by atoms with Gasteiger partial charge in [0.2, 0.25) is 5.91 Å². The predicted molar refractivity (Wildman–Crippen MR) is 65.1 cm³/mol. The van der Waals surface area contributed by atoms with Crippen LogP contribution in [0.5, 0.6) is 0 Å². The Labute approximate surface area is 98.2 Å². The Morgan fingerprint density at radius 1 is 1.33 bits per heavy atom. The van der Waals surface area contributed by atoms with E-state index >= 15 is 0 Å². The minimum Gasteiger partial charge on any atom is -0.325 e. The molecule has 1 aromatic carbocycles. The predicted octanol–water partition coefficient (Wildman–Crippen LogP) is 3.29. The lowest BCUT2D eigenvalue weighted by Gasteiger charge is -2.19. The Hall–Kier alpha value is -0.830. The van der Waals surface area contributed by atoms with Crippen LogP contribution in [0.25, 0.3) is 0 Å². The minimum absolute atomic E-state index is 0.0218. The number of benzene rings is 1. The first-order valence-corrected chi connectivity index (χ1v) is 6.05. The molecule has 0 heterocycles. The molecule has 0 saturated heterocycles. The average molecular weight is 268 g/mol. The van der Waals surface area contributed by atoms with Crippen LogP contribution in [0.4, 0.5) is 5.69 Å². The van der Waals surface area contributed by atoms with E-state index in [-0.39, 0.29) is 5.91 Å². The van der Waals surface area contributed by atoms with Crippen LogP contribution in [-0.4, -0.2) is 5.91 Å². The molecule has 3 heteroatoms. The number of hydrogen-bond donors (Lipinski definition) is 1. The van der Waals surface area contributed by atoms with Crippen LogP contribution in [0.3, 0.4) is 0 Å². The molecule has 0 unspecified atom stereocenters. The number of anilines is 1. The Morgan fingerprint density at radius 3 is 2.80 bits per heavy atom. The van der Waals surface area contributed by atoms with Gasteiger partial charge in [0.25, 0.3) is 0 Å². The van der Waals surface area contributed by atoms with Gasteiger partial charge in [-0.1, -0.05) is 6.07 Å². The fourth-order valence-corrected chi connectivity index (χ4v) is 2.75. The van der Waals surface area contributed by atoms with Crippen molar-refractivity contribution in [3.8, 4) is 0 Å². The van der Waals surface area contributed by atoms with E-state index in [9.17, 15) is 4.79 Å². The zero-order valence-corrected chi connectivity index (χ0v) is 10.4. The molecule has 0 spiro atoms. The molecule has 0 radical (unpaired) electrons. The summed E-state index contributed by atoms with van der Waals surface area (Å²) in [6.45, 7) is 1.53. The smallest absolute Gasteiger partial charge is 0.221 e. The van der Waals surface area contributed by atoms with E-state index < -0.39 is 0 Å². The molecular weight excluding hydrogens is 254 g/mol. The van der Waals surface area contributed by atoms with Gasteiger partial charge in [-0.25, -0.2) is 0 Å². The first-order valence-electron chi connectivity index (χ1n) is 5.26. The number of amides is 1. The highest BCUT2D eigenvalue weighted by Crippen LogP contribution is 2.33. The van der Waals surface area contributed by atoms with E-state index in [0.717, 1.165) is 23.0 Å². The summed E-state index contributed by atoms with van der Waals surface area (Å²) in [6.07, 6.45) is 4.80. The third-order valence-corrected chi connectivity index (χ3v) is 3.68. The van der Waals surface area contributed by atoms with Gasteiger partial charge in [-0.3, -0.25) is 4.79 Å². The number of rotatable bonds is 1. The molecule has 1 aliphatic carbocycles. The molecule has 2 nitrogen and oxygen atoms in total. The van der Waals surface area contributed by atoms with Gasteiger partial charge in [0.05, 0.1) is 5.69 Å². The molecule has 0 bridgehead atoms. The Bertz CT molecular complexity index is 401. The standard InChI is InChI=1S/C12H14BrNO/c1-8(15)14-11-7-6-9-4-2-3-5-10(9)12(11)13/h6-7H,2-5H2,1H3,(H,14,15). The fraction of sp³-hybridized carbons (Fsp3) is 0.417. The third-order valence-electron chi connectivity index (χ3n) is 2.77. The number of hydrogen-bond acceptors (Lipinski definition) is 1. The van der Waals surface area contributed by atoms with Crippen LogP contribution in [0, 0.1) is 0 Å². The van der Waals surface area contributed by atoms with E-state index in [2.05, 4.69) is 27.3 Å². The maximum atomic E-state index is 11.0. The van der Waals surface area contributed by atoms with Crippen molar-refractivity contribution in [1.29, 1.82) is 0 Å². The summed E-state index contributed by atoms with van der Waals surface area (Å²) in [5.41, 5.74) is 3.68. The Balaban J connectivity index is 2.38. The number of carbonyl (C=O) groups is 1. The monoisotopic (exact) mass is 267 g/mol. The zero-order chi connectivity index (χ0) is 10.8. The maximum absolute atomic E-state index is 11.0. The van der Waals surface area contributed by atoms with Gasteiger partial charge in [-0.05, 0) is 58.8 Å². The number of halogens is 1. The first-order chi connectivity index (χ1) is 7.18. The molecule has 0 fully saturated rings. The molecular formula is C12H14BrNO. The van der Waals surface area contributed by atoms with Crippen molar-refractivity contribution < 1.29 is 4.79 Å². The first kappa shape index (κ1) is 10.7. The molecule has 1 aromatic rings. The number of nitrogens with one attached hydrogen (secondary N) is 1. The number of fused-ring (bicyclic) bond motifs is 1. The molecule has 0 saturated carbocycles. The lowest BCUT2D eigenvalue weighted by atomic mass is 9.91. The average Bonchev–Trinajstić information content (AvgIpc) is 2.22. The van der Waals surface area contributed by atoms with E-state index in [1.165, 1.54) is 30.9 Å². The molecule has 80 valence electrons. The minimum atomic E-state index is -0.0218. The largest absolute Gasteiger partial charge is 0.325 e. The molecule has 0 atom stereocenters. The van der Waals surface area contributed by atoms with Crippen molar-refractivity contribution in [2.45, 2.75) is 32.6 Å². The molecule has 1 N–H and O–H groups in total. The molecule has 15 heavy (non-hydrogen) atoms. The van der Waals surface area contributed by atoms with Crippen LogP contribution in [0.2, 0.25) is 0 Å². The second-order valence-electron chi connectivity index (χ2n) is 3.95. The Morgan fingerprint density at radius 2 is 2.07 bits per heavy atom. The molecule has 1 amide bonds. The Kier molecular flexibility index (Phi) is 3.10. The summed E-state index contributed by atoms with van der Waals surface area (Å²) in [6, 6.07) is 4.11. The summed E-state index contributed by atoms with van der Waals surface area (Å²) in [5.74, 6) is -0.0218. The van der Waals surface area contributed by atoms with Crippen LogP contribution >= 0.6 is 15.9 Å². The molecule has 0 aromatic heterocycles. The van der Waals surface area contributed by atoms with Gasteiger partial charge in [0.15, 0.2) is 0 Å². The van der Waals surface area contributed by atoms with Crippen LogP contribution in [0.1, 0.15) is 30.9 Å². The molecule has 0 aliphatic heterocycles. The maximum Gasteiger partial charge on any atom is 0.221 e. The van der Waals surface area contributed by atoms with E-state index in [1.54, 1.807) is 0 Å². The van der Waals surface area contributed by atoms with Gasteiger partial charge in [0.1, 0.15) is 0 Å². The molecule has 2 rings (SSSR count). The van der Waals surface area contributed by atoms with E-state index in [4.69, 9.17) is 0 Å². The summed E-state index contributed by atoms with van der Waals surface area (Å²) in [7, 11) is 0. The van der Waals surface area contributed by atoms with Crippen molar-refractivity contribution in [1.82, 2.24) is 0 Å². The fourth-order valence-electron chi connectivity index (χ4n) is 2.07. The van der Waals surface area contributed by atoms with E-state index in [1.807, 2.05) is 6.07 Å². The van der Waals surface area contributed by atoms with Gasteiger partial charge < -0.3 is 5.32 Å². The van der Waals surface area contributed by atoms with E-state index in [0.29, 0.717) is 0 Å². The van der Waals surface area contributed by atoms with Crippen molar-refractivity contribution in [3.05, 3.63) is 27.7 Å². The quantitative estimate of drug-likeness (QED) is 0.832. The zero-order valence-electron chi connectivity index (χ0n) is 8.77. The lowest BCUT2D eigenvalue weighted by molar-refractivity contribution is -0.114. The van der Waals surface area contributed by atoms with Gasteiger partial charge in [-0.15, -0.1) is 0 Å². The summed E-state index contributed by atoms with van der Waals surface area (Å²) < 4.78 is 1.06. The van der Waals surface area contributed by atoms with Gasteiger partial charge in [0, 0.05) is 11.4 Å². The van der Waals surface area contributed by atoms with Gasteiger partial charge in [-0.2, -0.15) is 0 Å². The van der Waals surface area contributed by atoms with Gasteiger partial charge >= 0.3 is 0 Å². The van der Waals surface area contributed by atoms with Crippen molar-refractivity contribution >= 4 is 27.5 Å². The highest BCUT2D eigenvalue weighted by Gasteiger charge is 2.14. The lowest BCUT2D eigenvalue weighted by Crippen LogP contribution is -2.10. The highest BCUT2D eigenvalue weighted by atomic mass is 79.9. The van der Waals surface area contributed by atoms with Crippen LogP contribution in [0.15, 0.2) is 16.6 Å². The summed E-state index contributed by atoms with van der Waals surface area (Å²) in [4.78, 5) is 11.0. The van der Waals surface area contributed by atoms with Crippen molar-refractivity contribution in [2.75, 3.05) is 5.32 Å². The third kappa shape index (κ3) is 2.23. The van der Waals surface area contributed by atoms with Crippen molar-refractivity contribution in [3.63, 3.8) is 0 Å². The molecule has 1 aliphatic rings. The SMILES string of the molecule is CC(=O)Nc1ccc2c(c1Br)CCCC2. The normalized spacial score (nSPS) is 14.5. The number of aryl methyl sites for hydroxylation is 1. The number of carbonyl (C=O) groups excluding carboxylic acids is 1. The topological polar surface area (TPSA) is 29.1 Å². The second-order valence-corrected chi connectivity index (χ2v) is 4.75. The highest BCUT2D eigenvalue weighted by molar-refractivity contribution is 9.10. The summed E-state index contributed by atoms with van der Waals surface area (Å²) >= 11 is 3.58. The van der Waals surface area contributed by atoms with Crippen LogP contribution < -0.4 is 5.32 Å². The summed E-state index contributed by atoms with van der Waals surface area (Å²) in [5, 5.41) is 2.84.